The Morgan fingerprint density at radius 1 is 1.17 bits per heavy atom. The van der Waals surface area contributed by atoms with Crippen LogP contribution in [0.15, 0.2) is 55.6 Å². The number of allylic oxidation sites excluding steroid dienone is 1. The summed E-state index contributed by atoms with van der Waals surface area (Å²) >= 11 is 3.75. The van der Waals surface area contributed by atoms with Crippen LogP contribution >= 0.6 is 15.9 Å². The van der Waals surface area contributed by atoms with E-state index in [9.17, 15) is 24.3 Å². The maximum absolute atomic E-state index is 14.5. The van der Waals surface area contributed by atoms with Gasteiger partial charge in [0.1, 0.15) is 18.2 Å². The minimum absolute atomic E-state index is 0.0534. The number of nitrogens with zero attached hydrogens (tertiary/aromatic N) is 2. The van der Waals surface area contributed by atoms with E-state index in [-0.39, 0.29) is 42.2 Å². The molecule has 3 amide bonds. The van der Waals surface area contributed by atoms with E-state index in [1.54, 1.807) is 22.0 Å². The molecular weight excluding hydrogens is 666 g/mol. The molecule has 3 fully saturated rings. The molecule has 4 rings (SSSR count). The number of nitrogens with one attached hydrogen (secondary N) is 1. The molecule has 0 aromatic heterocycles. The molecule has 47 heavy (non-hydrogen) atoms. The number of carbonyl (C=O) groups is 4. The molecular formula is C36H50BrN3O7. The number of rotatable bonds is 20. The van der Waals surface area contributed by atoms with Gasteiger partial charge in [0.25, 0.3) is 0 Å². The third-order valence-electron chi connectivity index (χ3n) is 9.56. The summed E-state index contributed by atoms with van der Waals surface area (Å²) in [5, 5.41) is 12.4. The lowest BCUT2D eigenvalue weighted by atomic mass is 9.70. The monoisotopic (exact) mass is 715 g/mol. The van der Waals surface area contributed by atoms with E-state index in [4.69, 9.17) is 9.47 Å². The Morgan fingerprint density at radius 3 is 2.62 bits per heavy atom. The van der Waals surface area contributed by atoms with Crippen molar-refractivity contribution in [3.63, 3.8) is 0 Å². The van der Waals surface area contributed by atoms with E-state index in [2.05, 4.69) is 41.3 Å². The lowest BCUT2D eigenvalue weighted by Gasteiger charge is -2.37. The molecule has 3 aliphatic heterocycles. The molecule has 3 saturated heterocycles. The highest BCUT2D eigenvalue weighted by Gasteiger charge is 2.76. The predicted octanol–water partition coefficient (Wildman–Crippen LogP) is 4.47. The SMILES string of the molecule is C=CCCC(=O)OC[C@@H](NC(=O)[C@H]1[C@@H]2O[C@@]3(CC2Br)[C@@H]1C(=O)N(CCCCCO)[C@@H]3C(=O)N(CC=C)CCCCC)c1ccccc1. The standard InChI is InChI=1S/C36H50BrN3O7/c1-4-7-13-20-39(19-6-3)35(45)32-36-23-26(37)31(47-36)29(30(36)34(44)40(32)21-14-10-15-22-41)33(43)38-27(25-16-11-9-12-17-25)24-46-28(42)18-8-5-2/h5-6,9,11-12,16-17,26-27,29-32,41H,2-4,7-8,10,13-15,18-24H2,1H3,(H,38,43)/t26?,27-,29-,30+,31-,32-,36+/m1/s1. The fourth-order valence-corrected chi connectivity index (χ4v) is 8.28. The summed E-state index contributed by atoms with van der Waals surface area (Å²) < 4.78 is 12.2. The summed E-state index contributed by atoms with van der Waals surface area (Å²) in [7, 11) is 0. The lowest BCUT2D eigenvalue weighted by molar-refractivity contribution is -0.148. The minimum atomic E-state index is -1.17. The fraction of sp³-hybridized carbons (Fsp3) is 0.611. The number of benzene rings is 1. The molecule has 3 heterocycles. The third kappa shape index (κ3) is 8.17. The topological polar surface area (TPSA) is 125 Å². The molecule has 7 atom stereocenters. The number of aliphatic hydroxyl groups is 1. The van der Waals surface area contributed by atoms with Crippen LogP contribution in [0.3, 0.4) is 0 Å². The second-order valence-corrected chi connectivity index (χ2v) is 13.9. The summed E-state index contributed by atoms with van der Waals surface area (Å²) in [5.74, 6) is -2.91. The van der Waals surface area contributed by atoms with Crippen LogP contribution in [0, 0.1) is 11.8 Å². The number of unbranched alkanes of at least 4 members (excludes halogenated alkanes) is 4. The van der Waals surface area contributed by atoms with Crippen LogP contribution in [-0.2, 0) is 28.7 Å². The smallest absolute Gasteiger partial charge is 0.306 e. The normalized spacial score (nSPS) is 26.5. The van der Waals surface area contributed by atoms with Gasteiger partial charge < -0.3 is 29.7 Å². The van der Waals surface area contributed by atoms with Crippen molar-refractivity contribution in [2.75, 3.05) is 32.8 Å². The average molecular weight is 717 g/mol. The van der Waals surface area contributed by atoms with Gasteiger partial charge in [-0.15, -0.1) is 13.2 Å². The van der Waals surface area contributed by atoms with Crippen molar-refractivity contribution in [1.29, 1.82) is 0 Å². The summed E-state index contributed by atoms with van der Waals surface area (Å²) in [6.45, 7) is 10.8. The molecule has 2 N–H and O–H groups in total. The number of ether oxygens (including phenoxy) is 2. The number of hydrogen-bond acceptors (Lipinski definition) is 7. The number of hydrogen-bond donors (Lipinski definition) is 2. The Balaban J connectivity index is 1.64. The van der Waals surface area contributed by atoms with Crippen LogP contribution in [0.25, 0.3) is 0 Å². The second-order valence-electron chi connectivity index (χ2n) is 12.7. The molecule has 1 aromatic carbocycles. The molecule has 10 nitrogen and oxygen atoms in total. The zero-order chi connectivity index (χ0) is 34.0. The summed E-state index contributed by atoms with van der Waals surface area (Å²) in [6, 6.07) is 7.73. The molecule has 1 unspecified atom stereocenters. The Bertz CT molecular complexity index is 1260. The van der Waals surface area contributed by atoms with E-state index in [1.807, 2.05) is 30.3 Å². The highest BCUT2D eigenvalue weighted by molar-refractivity contribution is 9.09. The molecule has 2 bridgehead atoms. The van der Waals surface area contributed by atoms with E-state index in [0.29, 0.717) is 51.7 Å². The Morgan fingerprint density at radius 2 is 1.94 bits per heavy atom. The van der Waals surface area contributed by atoms with Crippen molar-refractivity contribution in [1.82, 2.24) is 15.1 Å². The predicted molar refractivity (Wildman–Crippen MR) is 182 cm³/mol. The maximum atomic E-state index is 14.5. The molecule has 1 aromatic rings. The highest BCUT2D eigenvalue weighted by Crippen LogP contribution is 2.60. The zero-order valence-corrected chi connectivity index (χ0v) is 29.1. The first-order valence-electron chi connectivity index (χ1n) is 17.0. The van der Waals surface area contributed by atoms with Gasteiger partial charge in [-0.1, -0.05) is 78.2 Å². The first kappa shape index (κ1) is 36.8. The zero-order valence-electron chi connectivity index (χ0n) is 27.5. The number of fused-ring (bicyclic) bond motifs is 1. The first-order valence-corrected chi connectivity index (χ1v) is 17.9. The van der Waals surface area contributed by atoms with Crippen molar-refractivity contribution in [2.45, 2.75) is 93.3 Å². The van der Waals surface area contributed by atoms with Crippen LogP contribution in [0.5, 0.6) is 0 Å². The van der Waals surface area contributed by atoms with Crippen molar-refractivity contribution < 1.29 is 33.8 Å². The van der Waals surface area contributed by atoms with Crippen LogP contribution in [0.2, 0.25) is 0 Å². The number of halogens is 1. The van der Waals surface area contributed by atoms with E-state index in [1.165, 1.54) is 0 Å². The molecule has 0 radical (unpaired) electrons. The number of alkyl halides is 1. The van der Waals surface area contributed by atoms with Gasteiger partial charge in [0, 0.05) is 37.5 Å². The Labute approximate surface area is 287 Å². The van der Waals surface area contributed by atoms with E-state index >= 15 is 0 Å². The van der Waals surface area contributed by atoms with Crippen molar-refractivity contribution in [2.24, 2.45) is 11.8 Å². The maximum Gasteiger partial charge on any atom is 0.306 e. The number of amides is 3. The van der Waals surface area contributed by atoms with Crippen LogP contribution in [0.4, 0.5) is 0 Å². The van der Waals surface area contributed by atoms with Crippen molar-refractivity contribution >= 4 is 39.6 Å². The Kier molecular flexibility index (Phi) is 13.6. The van der Waals surface area contributed by atoms with Gasteiger partial charge in [0.2, 0.25) is 17.7 Å². The van der Waals surface area contributed by atoms with Crippen molar-refractivity contribution in [3.05, 3.63) is 61.2 Å². The van der Waals surface area contributed by atoms with Gasteiger partial charge in [0.05, 0.1) is 24.0 Å². The van der Waals surface area contributed by atoms with Gasteiger partial charge in [0.15, 0.2) is 0 Å². The van der Waals surface area contributed by atoms with Gasteiger partial charge >= 0.3 is 5.97 Å². The largest absolute Gasteiger partial charge is 0.463 e. The summed E-state index contributed by atoms with van der Waals surface area (Å²) in [5.41, 5.74) is -0.412. The lowest BCUT2D eigenvalue weighted by Crippen LogP contribution is -2.57. The quantitative estimate of drug-likeness (QED) is 0.0884. The number of esters is 1. The third-order valence-corrected chi connectivity index (χ3v) is 10.4. The highest BCUT2D eigenvalue weighted by atomic mass is 79.9. The average Bonchev–Trinajstić information content (AvgIpc) is 3.66. The minimum Gasteiger partial charge on any atom is -0.463 e. The van der Waals surface area contributed by atoms with E-state index < -0.39 is 41.6 Å². The van der Waals surface area contributed by atoms with Gasteiger partial charge in [-0.05, 0) is 44.1 Å². The molecule has 1 spiro atoms. The number of carbonyl (C=O) groups excluding carboxylic acids is 4. The molecule has 0 saturated carbocycles. The van der Waals surface area contributed by atoms with Crippen LogP contribution < -0.4 is 5.32 Å². The van der Waals surface area contributed by atoms with Gasteiger partial charge in [-0.3, -0.25) is 19.2 Å². The van der Waals surface area contributed by atoms with Gasteiger partial charge in [-0.25, -0.2) is 0 Å². The van der Waals surface area contributed by atoms with E-state index in [0.717, 1.165) is 24.8 Å². The molecule has 11 heteroatoms. The molecule has 0 aliphatic carbocycles. The second kappa shape index (κ2) is 17.4. The van der Waals surface area contributed by atoms with Crippen LogP contribution in [-0.4, -0.2) is 94.0 Å². The Hall–Kier alpha value is -3.02. The summed E-state index contributed by atoms with van der Waals surface area (Å²) in [6.07, 6.45) is 8.54. The fourth-order valence-electron chi connectivity index (χ4n) is 7.34. The van der Waals surface area contributed by atoms with Gasteiger partial charge in [-0.2, -0.15) is 0 Å². The number of aliphatic hydroxyl groups excluding tert-OH is 1. The first-order chi connectivity index (χ1) is 22.7. The van der Waals surface area contributed by atoms with Crippen LogP contribution in [0.1, 0.15) is 76.3 Å². The molecule has 3 aliphatic rings. The van der Waals surface area contributed by atoms with Crippen molar-refractivity contribution in [3.8, 4) is 0 Å². The molecule has 258 valence electrons. The summed E-state index contributed by atoms with van der Waals surface area (Å²) in [4.78, 5) is 58.7. The number of likely N-dealkylation sites (tertiary alicyclic amines) is 1.